The number of nitrogens with zero attached hydrogens (tertiary/aromatic N) is 2. The van der Waals surface area contributed by atoms with Gasteiger partial charge in [0.05, 0.1) is 32.4 Å². The van der Waals surface area contributed by atoms with Crippen LogP contribution in [0.2, 0.25) is 0 Å². The predicted octanol–water partition coefficient (Wildman–Crippen LogP) is 6.22. The zero-order valence-corrected chi connectivity index (χ0v) is 23.3. The molecular formula is C33H37N3O3. The molecule has 0 bridgehead atoms. The molecule has 0 aliphatic carbocycles. The number of morpholine rings is 1. The number of carbonyl (C=O) groups is 1. The number of nitrogens with one attached hydrogen (secondary N) is 1. The molecule has 1 N–H and O–H groups in total. The van der Waals surface area contributed by atoms with E-state index in [4.69, 9.17) is 14.5 Å². The number of benzene rings is 3. The van der Waals surface area contributed by atoms with Gasteiger partial charge in [0.15, 0.2) is 0 Å². The lowest BCUT2D eigenvalue weighted by Crippen LogP contribution is -2.35. The van der Waals surface area contributed by atoms with Crippen LogP contribution in [0.3, 0.4) is 0 Å². The highest BCUT2D eigenvalue weighted by Crippen LogP contribution is 2.34. The molecule has 1 aromatic heterocycles. The van der Waals surface area contributed by atoms with Crippen LogP contribution < -0.4 is 10.1 Å². The van der Waals surface area contributed by atoms with Crippen LogP contribution in [0.4, 0.5) is 5.69 Å². The van der Waals surface area contributed by atoms with Crippen LogP contribution in [-0.2, 0) is 27.9 Å². The van der Waals surface area contributed by atoms with Crippen molar-refractivity contribution in [1.82, 2.24) is 9.88 Å². The number of amides is 1. The Hall–Kier alpha value is -3.74. The molecule has 3 aromatic carbocycles. The summed E-state index contributed by atoms with van der Waals surface area (Å²) in [7, 11) is 1.64. The molecule has 0 atom stereocenters. The fraction of sp³-hybridized carbons (Fsp3) is 0.333. The Morgan fingerprint density at radius 2 is 1.77 bits per heavy atom. The number of hydrogen-bond donors (Lipinski definition) is 1. The molecule has 1 aliphatic rings. The van der Waals surface area contributed by atoms with Gasteiger partial charge in [-0.3, -0.25) is 14.7 Å². The molecule has 39 heavy (non-hydrogen) atoms. The second-order valence-corrected chi connectivity index (χ2v) is 11.1. The molecular weight excluding hydrogens is 486 g/mol. The first kappa shape index (κ1) is 26.9. The van der Waals surface area contributed by atoms with Crippen molar-refractivity contribution in [3.63, 3.8) is 0 Å². The summed E-state index contributed by atoms with van der Waals surface area (Å²) in [5.41, 5.74) is 6.03. The number of hydrogen-bond acceptors (Lipinski definition) is 5. The van der Waals surface area contributed by atoms with E-state index in [1.807, 2.05) is 30.5 Å². The number of aromatic nitrogens is 1. The van der Waals surface area contributed by atoms with E-state index in [1.54, 1.807) is 7.11 Å². The summed E-state index contributed by atoms with van der Waals surface area (Å²) >= 11 is 0. The predicted molar refractivity (Wildman–Crippen MR) is 157 cm³/mol. The zero-order chi connectivity index (χ0) is 27.4. The van der Waals surface area contributed by atoms with Gasteiger partial charge >= 0.3 is 0 Å². The standard InChI is InChI=1S/C33H37N3O3/c1-33(2,3)25-10-14-31(38-4)24(19-25)20-32(37)35-30-13-12-27(28-7-5-6-8-29(28)30)23-9-11-26(34-21-23)22-36-15-17-39-18-16-36/h5-14,19,21H,15-18,20,22H2,1-4H3,(H,35,37). The van der Waals surface area contributed by atoms with E-state index in [1.165, 1.54) is 5.56 Å². The van der Waals surface area contributed by atoms with Gasteiger partial charge in [-0.2, -0.15) is 0 Å². The maximum Gasteiger partial charge on any atom is 0.228 e. The van der Waals surface area contributed by atoms with Crippen molar-refractivity contribution in [3.05, 3.63) is 89.7 Å². The van der Waals surface area contributed by atoms with Crippen LogP contribution in [0, 0.1) is 0 Å². The summed E-state index contributed by atoms with van der Waals surface area (Å²) < 4.78 is 11.0. The Morgan fingerprint density at radius 1 is 1.00 bits per heavy atom. The molecule has 1 saturated heterocycles. The highest BCUT2D eigenvalue weighted by molar-refractivity contribution is 6.07. The Bertz CT molecular complexity index is 1450. The Labute approximate surface area is 231 Å². The van der Waals surface area contributed by atoms with Crippen molar-refractivity contribution < 1.29 is 14.3 Å². The molecule has 6 nitrogen and oxygen atoms in total. The Morgan fingerprint density at radius 3 is 2.46 bits per heavy atom. The van der Waals surface area contributed by atoms with Crippen LogP contribution in [0.15, 0.2) is 72.9 Å². The topological polar surface area (TPSA) is 63.7 Å². The van der Waals surface area contributed by atoms with Crippen LogP contribution in [-0.4, -0.2) is 49.2 Å². The largest absolute Gasteiger partial charge is 0.496 e. The molecule has 0 unspecified atom stereocenters. The molecule has 2 heterocycles. The van der Waals surface area contributed by atoms with Gasteiger partial charge in [-0.1, -0.05) is 69.3 Å². The monoisotopic (exact) mass is 523 g/mol. The second-order valence-electron chi connectivity index (χ2n) is 11.1. The number of rotatable bonds is 7. The lowest BCUT2D eigenvalue weighted by atomic mass is 9.85. The maximum absolute atomic E-state index is 13.2. The number of anilines is 1. The molecule has 5 rings (SSSR count). The van der Waals surface area contributed by atoms with Gasteiger partial charge in [0.25, 0.3) is 0 Å². The number of fused-ring (bicyclic) bond motifs is 1. The molecule has 1 aliphatic heterocycles. The highest BCUT2D eigenvalue weighted by Gasteiger charge is 2.18. The molecule has 6 heteroatoms. The summed E-state index contributed by atoms with van der Waals surface area (Å²) in [6.07, 6.45) is 2.18. The van der Waals surface area contributed by atoms with E-state index < -0.39 is 0 Å². The summed E-state index contributed by atoms with van der Waals surface area (Å²) in [4.78, 5) is 20.3. The average molecular weight is 524 g/mol. The van der Waals surface area contributed by atoms with Crippen LogP contribution in [0.1, 0.15) is 37.6 Å². The maximum atomic E-state index is 13.2. The van der Waals surface area contributed by atoms with E-state index in [2.05, 4.69) is 73.5 Å². The van der Waals surface area contributed by atoms with Crippen LogP contribution in [0.25, 0.3) is 21.9 Å². The molecule has 1 amide bonds. The first-order valence-corrected chi connectivity index (χ1v) is 13.6. The second kappa shape index (κ2) is 11.6. The fourth-order valence-electron chi connectivity index (χ4n) is 5.08. The third kappa shape index (κ3) is 6.29. The van der Waals surface area contributed by atoms with Crippen LogP contribution >= 0.6 is 0 Å². The van der Waals surface area contributed by atoms with Crippen molar-refractivity contribution >= 4 is 22.4 Å². The van der Waals surface area contributed by atoms with Crippen molar-refractivity contribution in [2.24, 2.45) is 0 Å². The molecule has 0 radical (unpaired) electrons. The number of carbonyl (C=O) groups excluding carboxylic acids is 1. The van der Waals surface area contributed by atoms with Gasteiger partial charge in [0, 0.05) is 48.0 Å². The van der Waals surface area contributed by atoms with Gasteiger partial charge in [0.2, 0.25) is 5.91 Å². The van der Waals surface area contributed by atoms with E-state index in [0.717, 1.165) is 77.4 Å². The lowest BCUT2D eigenvalue weighted by Gasteiger charge is -2.26. The SMILES string of the molecule is COc1ccc(C(C)(C)C)cc1CC(=O)Nc1ccc(-c2ccc(CN3CCOCC3)nc2)c2ccccc12. The summed E-state index contributed by atoms with van der Waals surface area (Å²) in [6.45, 7) is 10.8. The third-order valence-electron chi connectivity index (χ3n) is 7.32. The smallest absolute Gasteiger partial charge is 0.228 e. The van der Waals surface area contributed by atoms with E-state index in [0.29, 0.717) is 0 Å². The van der Waals surface area contributed by atoms with E-state index in [9.17, 15) is 4.79 Å². The van der Waals surface area contributed by atoms with Crippen LogP contribution in [0.5, 0.6) is 5.75 Å². The number of ether oxygens (including phenoxy) is 2. The van der Waals surface area contributed by atoms with Gasteiger partial charge in [0.1, 0.15) is 5.75 Å². The average Bonchev–Trinajstić information content (AvgIpc) is 2.94. The number of methoxy groups -OCH3 is 1. The van der Waals surface area contributed by atoms with Gasteiger partial charge in [-0.05, 0) is 40.1 Å². The van der Waals surface area contributed by atoms with Gasteiger partial charge in [-0.15, -0.1) is 0 Å². The quantitative estimate of drug-likeness (QED) is 0.312. The van der Waals surface area contributed by atoms with Crippen molar-refractivity contribution in [2.45, 2.75) is 39.2 Å². The van der Waals surface area contributed by atoms with Crippen molar-refractivity contribution in [2.75, 3.05) is 38.7 Å². The minimum atomic E-state index is -0.0774. The Balaban J connectivity index is 1.36. The molecule has 202 valence electrons. The van der Waals surface area contributed by atoms with Crippen molar-refractivity contribution in [3.8, 4) is 16.9 Å². The summed E-state index contributed by atoms with van der Waals surface area (Å²) in [5.74, 6) is 0.648. The molecule has 4 aromatic rings. The van der Waals surface area contributed by atoms with E-state index in [-0.39, 0.29) is 17.7 Å². The fourth-order valence-corrected chi connectivity index (χ4v) is 5.08. The minimum Gasteiger partial charge on any atom is -0.496 e. The first-order valence-electron chi connectivity index (χ1n) is 13.6. The Kier molecular flexibility index (Phi) is 7.96. The normalized spacial score (nSPS) is 14.4. The first-order chi connectivity index (χ1) is 18.8. The minimum absolute atomic E-state index is 0.0148. The number of pyridine rings is 1. The highest BCUT2D eigenvalue weighted by atomic mass is 16.5. The molecule has 1 fully saturated rings. The van der Waals surface area contributed by atoms with Gasteiger partial charge < -0.3 is 14.8 Å². The molecule has 0 saturated carbocycles. The summed E-state index contributed by atoms with van der Waals surface area (Å²) in [6, 6.07) is 22.6. The molecule has 0 spiro atoms. The zero-order valence-electron chi connectivity index (χ0n) is 23.3. The lowest BCUT2D eigenvalue weighted by molar-refractivity contribution is -0.115. The third-order valence-corrected chi connectivity index (χ3v) is 7.32. The van der Waals surface area contributed by atoms with E-state index >= 15 is 0 Å². The van der Waals surface area contributed by atoms with Gasteiger partial charge in [-0.25, -0.2) is 0 Å². The summed E-state index contributed by atoms with van der Waals surface area (Å²) in [5, 5.41) is 5.22. The van der Waals surface area contributed by atoms with Crippen molar-refractivity contribution in [1.29, 1.82) is 0 Å².